The topological polar surface area (TPSA) is 85.9 Å². The fourth-order valence-corrected chi connectivity index (χ4v) is 1.89. The van der Waals surface area contributed by atoms with Gasteiger partial charge in [0.1, 0.15) is 0 Å². The molecule has 15 heavy (non-hydrogen) atoms. The van der Waals surface area contributed by atoms with Gasteiger partial charge in [0, 0.05) is 0 Å². The molecule has 0 N–H and O–H groups in total. The number of aryl methyl sites for hydroxylation is 1. The first-order valence-electron chi connectivity index (χ1n) is 3.94. The van der Waals surface area contributed by atoms with E-state index in [-0.39, 0.29) is 4.90 Å². The van der Waals surface area contributed by atoms with E-state index in [1.54, 1.807) is 19.1 Å². The van der Waals surface area contributed by atoms with Gasteiger partial charge in [-0.2, -0.15) is 0 Å². The minimum absolute atomic E-state index is 0.107. The summed E-state index contributed by atoms with van der Waals surface area (Å²) < 4.78 is 23.1. The first-order valence-corrected chi connectivity index (χ1v) is 5.43. The molecule has 0 amide bonds. The zero-order valence-electron chi connectivity index (χ0n) is 7.84. The van der Waals surface area contributed by atoms with Crippen molar-refractivity contribution in [1.29, 1.82) is 0 Å². The molecule has 0 bridgehead atoms. The van der Waals surface area contributed by atoms with Crippen molar-refractivity contribution in [1.82, 2.24) is 0 Å². The summed E-state index contributed by atoms with van der Waals surface area (Å²) in [7, 11) is -4.04. The summed E-state index contributed by atoms with van der Waals surface area (Å²) in [6.07, 6.45) is 0. The van der Waals surface area contributed by atoms with E-state index in [9.17, 15) is 13.3 Å². The first-order chi connectivity index (χ1) is 7.02. The molecule has 0 aliphatic heterocycles. The van der Waals surface area contributed by atoms with Crippen LogP contribution < -0.4 is 0 Å². The molecular weight excluding hydrogens is 216 g/mol. The molecule has 0 aromatic heterocycles. The Bertz CT molecular complexity index is 525. The first kappa shape index (κ1) is 11.3. The normalized spacial score (nSPS) is 10.5. The quantitative estimate of drug-likeness (QED) is 0.576. The Hall–Kier alpha value is -1.78. The van der Waals surface area contributed by atoms with Gasteiger partial charge in [-0.1, -0.05) is 17.7 Å². The molecule has 0 spiro atoms. The van der Waals surface area contributed by atoms with Gasteiger partial charge in [0.2, 0.25) is 14.9 Å². The third-order valence-corrected chi connectivity index (χ3v) is 3.33. The van der Waals surface area contributed by atoms with Gasteiger partial charge >= 0.3 is 0 Å². The summed E-state index contributed by atoms with van der Waals surface area (Å²) in [4.78, 5) is 10.0. The predicted octanol–water partition coefficient (Wildman–Crippen LogP) is 1.62. The number of hydrogen-bond donors (Lipinski definition) is 0. The second-order valence-electron chi connectivity index (χ2n) is 2.82. The van der Waals surface area contributed by atoms with Crippen LogP contribution in [0.4, 0.5) is 0 Å². The van der Waals surface area contributed by atoms with E-state index in [4.69, 9.17) is 5.41 Å². The van der Waals surface area contributed by atoms with E-state index in [1.165, 1.54) is 18.0 Å². The molecule has 0 unspecified atom stereocenters. The van der Waals surface area contributed by atoms with Crippen LogP contribution in [0.5, 0.6) is 0 Å². The maximum Gasteiger partial charge on any atom is 0.233 e. The van der Waals surface area contributed by atoms with Crippen molar-refractivity contribution in [3.8, 4) is 0 Å². The SMILES string of the molecule is Cc1ccc(S(=O)(=O)C(=C=[N-])N=O)cc1. The van der Waals surface area contributed by atoms with Crippen LogP contribution >= 0.6 is 0 Å². The molecule has 1 aromatic carbocycles. The highest BCUT2D eigenvalue weighted by molar-refractivity contribution is 7.95. The Kier molecular flexibility index (Phi) is 3.14. The summed E-state index contributed by atoms with van der Waals surface area (Å²) in [6.45, 7) is 1.79. The van der Waals surface area contributed by atoms with Crippen LogP contribution in [0, 0.1) is 11.8 Å². The third kappa shape index (κ3) is 2.18. The molecule has 0 fully saturated rings. The van der Waals surface area contributed by atoms with Crippen LogP contribution in [-0.2, 0) is 9.84 Å². The molecule has 0 atom stereocenters. The lowest BCUT2D eigenvalue weighted by Gasteiger charge is -2.01. The monoisotopic (exact) mass is 223 g/mol. The van der Waals surface area contributed by atoms with E-state index >= 15 is 0 Å². The highest BCUT2D eigenvalue weighted by Gasteiger charge is 2.19. The van der Waals surface area contributed by atoms with Crippen molar-refractivity contribution >= 4 is 15.7 Å². The zero-order chi connectivity index (χ0) is 11.5. The van der Waals surface area contributed by atoms with E-state index < -0.39 is 14.9 Å². The van der Waals surface area contributed by atoms with Crippen LogP contribution in [0.1, 0.15) is 5.56 Å². The van der Waals surface area contributed by atoms with Crippen molar-refractivity contribution in [3.05, 3.63) is 45.2 Å². The molecule has 0 heterocycles. The van der Waals surface area contributed by atoms with Gasteiger partial charge in [-0.25, -0.2) is 14.3 Å². The lowest BCUT2D eigenvalue weighted by atomic mass is 10.2. The van der Waals surface area contributed by atoms with E-state index in [0.29, 0.717) is 0 Å². The standard InChI is InChI=1S/C9H7N2O3S/c1-7-2-4-8(5-3-7)15(13,14)9(6-10)11-12/h2-5H,1H3/q-1. The number of nitrogens with zero attached hydrogens (tertiary/aromatic N) is 2. The number of sulfone groups is 1. The van der Waals surface area contributed by atoms with Crippen LogP contribution in [-0.4, -0.2) is 14.3 Å². The van der Waals surface area contributed by atoms with Crippen molar-refractivity contribution in [2.45, 2.75) is 11.8 Å². The maximum atomic E-state index is 11.6. The van der Waals surface area contributed by atoms with Crippen LogP contribution in [0.2, 0.25) is 0 Å². The van der Waals surface area contributed by atoms with Gasteiger partial charge in [-0.15, -0.1) is 4.91 Å². The highest BCUT2D eigenvalue weighted by Crippen LogP contribution is 2.18. The molecule has 1 rings (SSSR count). The molecule has 6 heteroatoms. The molecule has 0 aliphatic rings. The van der Waals surface area contributed by atoms with Gasteiger partial charge < -0.3 is 5.41 Å². The number of hydrogen-bond acceptors (Lipinski definition) is 4. The minimum atomic E-state index is -4.04. The van der Waals surface area contributed by atoms with Gasteiger partial charge in [0.25, 0.3) is 0 Å². The third-order valence-electron chi connectivity index (χ3n) is 1.76. The maximum absolute atomic E-state index is 11.6. The average Bonchev–Trinajstić information content (AvgIpc) is 2.19. The lowest BCUT2D eigenvalue weighted by molar-refractivity contribution is 0.602. The molecule has 1 aromatic rings. The van der Waals surface area contributed by atoms with Gasteiger partial charge in [-0.05, 0) is 24.2 Å². The summed E-state index contributed by atoms with van der Waals surface area (Å²) in [5, 5.41) is 9.59. The van der Waals surface area contributed by atoms with E-state index in [0.717, 1.165) is 5.56 Å². The summed E-state index contributed by atoms with van der Waals surface area (Å²) in [5.74, 6) is 1.25. The molecule has 5 nitrogen and oxygen atoms in total. The fourth-order valence-electron chi connectivity index (χ4n) is 0.959. The molecule has 78 valence electrons. The van der Waals surface area contributed by atoms with Gasteiger partial charge in [0.05, 0.1) is 4.90 Å². The second kappa shape index (κ2) is 4.16. The summed E-state index contributed by atoms with van der Waals surface area (Å²) >= 11 is 0. The largest absolute Gasteiger partial charge is 0.761 e. The Balaban J connectivity index is 3.35. The Labute approximate surface area is 86.8 Å². The van der Waals surface area contributed by atoms with E-state index in [2.05, 4.69) is 5.18 Å². The Morgan fingerprint density at radius 1 is 1.33 bits per heavy atom. The fraction of sp³-hybridized carbons (Fsp3) is 0.111. The predicted molar refractivity (Wildman–Crippen MR) is 56.0 cm³/mol. The smallest absolute Gasteiger partial charge is 0.233 e. The molecular formula is C9H7N2O3S-. The van der Waals surface area contributed by atoms with E-state index in [1.807, 2.05) is 0 Å². The molecule has 0 saturated carbocycles. The van der Waals surface area contributed by atoms with Crippen LogP contribution in [0.3, 0.4) is 0 Å². The summed E-state index contributed by atoms with van der Waals surface area (Å²) in [5.41, 5.74) is 0.881. The van der Waals surface area contributed by atoms with Gasteiger partial charge in [0.15, 0.2) is 0 Å². The summed E-state index contributed by atoms with van der Waals surface area (Å²) in [6, 6.07) is 5.81. The Morgan fingerprint density at radius 3 is 2.27 bits per heavy atom. The number of nitroso groups, excluding NO2 is 1. The van der Waals surface area contributed by atoms with Crippen LogP contribution in [0.15, 0.2) is 39.4 Å². The van der Waals surface area contributed by atoms with Crippen LogP contribution in [0.25, 0.3) is 5.41 Å². The van der Waals surface area contributed by atoms with Crippen molar-refractivity contribution < 1.29 is 8.42 Å². The second-order valence-corrected chi connectivity index (χ2v) is 4.69. The van der Waals surface area contributed by atoms with Crippen molar-refractivity contribution in [2.24, 2.45) is 5.18 Å². The van der Waals surface area contributed by atoms with Crippen molar-refractivity contribution in [2.75, 3.05) is 0 Å². The molecule has 0 saturated heterocycles. The Morgan fingerprint density at radius 2 is 1.87 bits per heavy atom. The highest BCUT2D eigenvalue weighted by atomic mass is 32.2. The zero-order valence-corrected chi connectivity index (χ0v) is 8.65. The minimum Gasteiger partial charge on any atom is -0.761 e. The van der Waals surface area contributed by atoms with Crippen molar-refractivity contribution in [3.63, 3.8) is 0 Å². The molecule has 0 aliphatic carbocycles. The average molecular weight is 223 g/mol. The number of rotatable bonds is 3. The molecule has 0 radical (unpaired) electrons. The lowest BCUT2D eigenvalue weighted by Crippen LogP contribution is -2.03. The number of benzene rings is 1. The van der Waals surface area contributed by atoms with Gasteiger partial charge in [-0.3, -0.25) is 0 Å².